The average molecular weight is 299 g/mol. The maximum Gasteiger partial charge on any atom is 0.328 e. The first-order valence-corrected chi connectivity index (χ1v) is 7.48. The van der Waals surface area contributed by atoms with Crippen LogP contribution in [0.2, 0.25) is 0 Å². The van der Waals surface area contributed by atoms with Crippen molar-refractivity contribution in [2.24, 2.45) is 0 Å². The Hall–Kier alpha value is -1.70. The summed E-state index contributed by atoms with van der Waals surface area (Å²) in [6.07, 6.45) is 2.36. The Balaban J connectivity index is 3.00. The lowest BCUT2D eigenvalue weighted by atomic mass is 10.2. The number of aliphatic carboxylic acids is 1. The Kier molecular flexibility index (Phi) is 5.87. The van der Waals surface area contributed by atoms with Crippen LogP contribution in [0.15, 0.2) is 35.2 Å². The molecule has 0 aliphatic carbocycles. The van der Waals surface area contributed by atoms with E-state index in [4.69, 9.17) is 10.2 Å². The van der Waals surface area contributed by atoms with E-state index in [0.29, 0.717) is 5.56 Å². The number of likely N-dealkylation sites (N-methyl/N-ethyl adjacent to an activating group) is 1. The molecule has 0 saturated carbocycles. The zero-order valence-electron chi connectivity index (χ0n) is 11.1. The summed E-state index contributed by atoms with van der Waals surface area (Å²) in [6.45, 7) is 1.76. The van der Waals surface area contributed by atoms with Gasteiger partial charge in [-0.05, 0) is 23.8 Å². The molecule has 0 aromatic heterocycles. The lowest BCUT2D eigenvalue weighted by molar-refractivity contribution is -0.131. The van der Waals surface area contributed by atoms with Gasteiger partial charge in [0.2, 0.25) is 10.0 Å². The zero-order chi connectivity index (χ0) is 15.2. The Morgan fingerprint density at radius 1 is 1.30 bits per heavy atom. The van der Waals surface area contributed by atoms with Crippen LogP contribution < -0.4 is 0 Å². The molecule has 0 atom stereocenters. The molecule has 0 aliphatic rings. The minimum absolute atomic E-state index is 0.0412. The number of sulfonamides is 1. The topological polar surface area (TPSA) is 94.9 Å². The van der Waals surface area contributed by atoms with E-state index in [-0.39, 0.29) is 24.6 Å². The average Bonchev–Trinajstić information content (AvgIpc) is 2.42. The van der Waals surface area contributed by atoms with E-state index in [9.17, 15) is 13.2 Å². The Morgan fingerprint density at radius 3 is 2.35 bits per heavy atom. The fraction of sp³-hybridized carbons (Fsp3) is 0.308. The minimum atomic E-state index is -3.63. The first-order chi connectivity index (χ1) is 9.41. The van der Waals surface area contributed by atoms with Crippen molar-refractivity contribution in [2.75, 3.05) is 19.7 Å². The highest BCUT2D eigenvalue weighted by molar-refractivity contribution is 7.89. The highest BCUT2D eigenvalue weighted by Gasteiger charge is 2.22. The van der Waals surface area contributed by atoms with Crippen molar-refractivity contribution in [3.05, 3.63) is 35.9 Å². The first kappa shape index (κ1) is 16.4. The van der Waals surface area contributed by atoms with E-state index < -0.39 is 16.0 Å². The molecule has 1 aromatic carbocycles. The van der Waals surface area contributed by atoms with Crippen LogP contribution in [0.1, 0.15) is 12.5 Å². The largest absolute Gasteiger partial charge is 0.478 e. The molecule has 20 heavy (non-hydrogen) atoms. The van der Waals surface area contributed by atoms with E-state index in [0.717, 1.165) is 6.08 Å². The third-order valence-corrected chi connectivity index (χ3v) is 4.63. The molecule has 0 heterocycles. The molecule has 7 heteroatoms. The van der Waals surface area contributed by atoms with Crippen LogP contribution in [0, 0.1) is 0 Å². The quantitative estimate of drug-likeness (QED) is 0.726. The fourth-order valence-corrected chi connectivity index (χ4v) is 3.07. The van der Waals surface area contributed by atoms with Crippen LogP contribution in [0.3, 0.4) is 0 Å². The standard InChI is InChI=1S/C13H17NO5S/c1-2-14(9-10-15)20(18,19)12-6-3-11(4-7-12)5-8-13(16)17/h3-8,15H,2,9-10H2,1H3,(H,16,17)/b8-5+. The van der Waals surface area contributed by atoms with E-state index in [1.165, 1.54) is 34.6 Å². The fourth-order valence-electron chi connectivity index (χ4n) is 1.63. The van der Waals surface area contributed by atoms with Gasteiger partial charge in [0.1, 0.15) is 0 Å². The van der Waals surface area contributed by atoms with Gasteiger partial charge in [0, 0.05) is 19.2 Å². The second-order valence-electron chi connectivity index (χ2n) is 3.96. The van der Waals surface area contributed by atoms with Gasteiger partial charge < -0.3 is 10.2 Å². The second-order valence-corrected chi connectivity index (χ2v) is 5.90. The number of carboxylic acid groups (broad SMARTS) is 1. The monoisotopic (exact) mass is 299 g/mol. The Morgan fingerprint density at radius 2 is 1.90 bits per heavy atom. The van der Waals surface area contributed by atoms with E-state index in [1.54, 1.807) is 6.92 Å². The Bertz CT molecular complexity index is 577. The number of nitrogens with zero attached hydrogens (tertiary/aromatic N) is 1. The maximum absolute atomic E-state index is 12.2. The highest BCUT2D eigenvalue weighted by atomic mass is 32.2. The third kappa shape index (κ3) is 4.16. The van der Waals surface area contributed by atoms with Crippen molar-refractivity contribution in [1.82, 2.24) is 4.31 Å². The molecule has 0 unspecified atom stereocenters. The summed E-state index contributed by atoms with van der Waals surface area (Å²) in [5.74, 6) is -1.07. The summed E-state index contributed by atoms with van der Waals surface area (Å²) < 4.78 is 25.6. The van der Waals surface area contributed by atoms with Crippen LogP contribution >= 0.6 is 0 Å². The maximum atomic E-state index is 12.2. The van der Waals surface area contributed by atoms with E-state index in [1.807, 2.05) is 0 Å². The van der Waals surface area contributed by atoms with Crippen molar-refractivity contribution < 1.29 is 23.4 Å². The van der Waals surface area contributed by atoms with Gasteiger partial charge in [0.25, 0.3) is 0 Å². The number of benzene rings is 1. The molecule has 1 rings (SSSR count). The molecular weight excluding hydrogens is 282 g/mol. The van der Waals surface area contributed by atoms with E-state index in [2.05, 4.69) is 0 Å². The number of hydrogen-bond acceptors (Lipinski definition) is 4. The van der Waals surface area contributed by atoms with Crippen LogP contribution in [-0.4, -0.2) is 48.6 Å². The van der Waals surface area contributed by atoms with Crippen molar-refractivity contribution in [1.29, 1.82) is 0 Å². The van der Waals surface area contributed by atoms with Gasteiger partial charge in [-0.2, -0.15) is 4.31 Å². The summed E-state index contributed by atoms with van der Waals surface area (Å²) in [5, 5.41) is 17.4. The van der Waals surface area contributed by atoms with Crippen LogP contribution in [0.25, 0.3) is 6.08 Å². The van der Waals surface area contributed by atoms with Gasteiger partial charge in [0.05, 0.1) is 11.5 Å². The predicted molar refractivity (Wildman–Crippen MR) is 74.6 cm³/mol. The van der Waals surface area contributed by atoms with Gasteiger partial charge in [-0.15, -0.1) is 0 Å². The number of hydrogen-bond donors (Lipinski definition) is 2. The molecule has 6 nitrogen and oxygen atoms in total. The number of aliphatic hydroxyl groups excluding tert-OH is 1. The molecule has 0 radical (unpaired) electrons. The number of carboxylic acids is 1. The summed E-state index contributed by atoms with van der Waals surface area (Å²) in [7, 11) is -3.63. The normalized spacial score (nSPS) is 12.2. The molecule has 0 aliphatic heterocycles. The predicted octanol–water partition coefficient (Wildman–Crippen LogP) is 0.787. The minimum Gasteiger partial charge on any atom is -0.478 e. The number of aliphatic hydroxyl groups is 1. The molecule has 0 spiro atoms. The SMILES string of the molecule is CCN(CCO)S(=O)(=O)c1ccc(/C=C/C(=O)O)cc1. The number of carbonyl (C=O) groups is 1. The van der Waals surface area contributed by atoms with Crippen molar-refractivity contribution in [3.8, 4) is 0 Å². The molecule has 0 saturated heterocycles. The second kappa shape index (κ2) is 7.18. The lowest BCUT2D eigenvalue weighted by Crippen LogP contribution is -2.33. The molecular formula is C13H17NO5S. The summed E-state index contributed by atoms with van der Waals surface area (Å²) in [5.41, 5.74) is 0.594. The van der Waals surface area contributed by atoms with Gasteiger partial charge in [-0.25, -0.2) is 13.2 Å². The molecule has 1 aromatic rings. The number of rotatable bonds is 7. The molecule has 0 fully saturated rings. The van der Waals surface area contributed by atoms with Crippen molar-refractivity contribution in [3.63, 3.8) is 0 Å². The first-order valence-electron chi connectivity index (χ1n) is 6.04. The summed E-state index contributed by atoms with van der Waals surface area (Å²) in [6, 6.07) is 5.88. The van der Waals surface area contributed by atoms with E-state index >= 15 is 0 Å². The molecule has 110 valence electrons. The van der Waals surface area contributed by atoms with Crippen LogP contribution in [0.5, 0.6) is 0 Å². The molecule has 0 amide bonds. The van der Waals surface area contributed by atoms with Gasteiger partial charge in [-0.1, -0.05) is 19.1 Å². The van der Waals surface area contributed by atoms with Crippen LogP contribution in [0.4, 0.5) is 0 Å². The molecule has 0 bridgehead atoms. The molecule has 2 N–H and O–H groups in total. The van der Waals surface area contributed by atoms with Gasteiger partial charge >= 0.3 is 5.97 Å². The lowest BCUT2D eigenvalue weighted by Gasteiger charge is -2.19. The van der Waals surface area contributed by atoms with Crippen molar-refractivity contribution >= 4 is 22.1 Å². The van der Waals surface area contributed by atoms with Gasteiger partial charge in [-0.3, -0.25) is 0 Å². The summed E-state index contributed by atoms with van der Waals surface area (Å²) in [4.78, 5) is 10.5. The Labute approximate surface area is 118 Å². The zero-order valence-corrected chi connectivity index (χ0v) is 11.9. The smallest absolute Gasteiger partial charge is 0.328 e. The highest BCUT2D eigenvalue weighted by Crippen LogP contribution is 2.16. The summed E-state index contributed by atoms with van der Waals surface area (Å²) >= 11 is 0. The van der Waals surface area contributed by atoms with Gasteiger partial charge in [0.15, 0.2) is 0 Å². The van der Waals surface area contributed by atoms with Crippen LogP contribution in [-0.2, 0) is 14.8 Å². The third-order valence-electron chi connectivity index (χ3n) is 2.64. The van der Waals surface area contributed by atoms with Crippen molar-refractivity contribution in [2.45, 2.75) is 11.8 Å².